The maximum atomic E-state index is 9.28. The van der Waals surface area contributed by atoms with Gasteiger partial charge >= 0.3 is 0 Å². The molecule has 13 heavy (non-hydrogen) atoms. The molecule has 0 heterocycles. The fraction of sp³-hybridized carbons (Fsp3) is 0.333. The van der Waals surface area contributed by atoms with Crippen LogP contribution >= 0.6 is 11.6 Å². The number of nitrogen functional groups attached to an aromatic ring is 1. The van der Waals surface area contributed by atoms with Crippen LogP contribution in [0.3, 0.4) is 0 Å². The van der Waals surface area contributed by atoms with Crippen molar-refractivity contribution >= 4 is 17.3 Å². The molecule has 1 aromatic rings. The number of rotatable bonds is 2. The number of nitrogens with two attached hydrogens (primary N) is 2. The molecule has 0 aliphatic carbocycles. The van der Waals surface area contributed by atoms with Gasteiger partial charge in [0.1, 0.15) is 0 Å². The first-order valence-corrected chi connectivity index (χ1v) is 4.39. The van der Waals surface area contributed by atoms with Crippen LogP contribution in [0.4, 0.5) is 5.69 Å². The van der Waals surface area contributed by atoms with Crippen molar-refractivity contribution in [3.8, 4) is 0 Å². The number of aliphatic hydroxyl groups is 1. The van der Waals surface area contributed by atoms with Crippen LogP contribution in [-0.4, -0.2) is 11.2 Å². The first-order chi connectivity index (χ1) is 6.04. The summed E-state index contributed by atoms with van der Waals surface area (Å²) in [6.45, 7) is 1.60. The third-order valence-corrected chi connectivity index (χ3v) is 2.27. The van der Waals surface area contributed by atoms with E-state index in [1.165, 1.54) is 0 Å². The number of aliphatic hydroxyl groups excluding tert-OH is 1. The highest BCUT2D eigenvalue weighted by Crippen LogP contribution is 2.28. The van der Waals surface area contributed by atoms with E-state index < -0.39 is 12.1 Å². The van der Waals surface area contributed by atoms with Gasteiger partial charge in [0.15, 0.2) is 0 Å². The summed E-state index contributed by atoms with van der Waals surface area (Å²) in [5.74, 6) is 0. The van der Waals surface area contributed by atoms with Crippen LogP contribution in [0, 0.1) is 0 Å². The number of hydrogen-bond acceptors (Lipinski definition) is 3. The smallest absolute Gasteiger partial charge is 0.0706 e. The fourth-order valence-electron chi connectivity index (χ4n) is 1.15. The Morgan fingerprint density at radius 2 is 2.08 bits per heavy atom. The van der Waals surface area contributed by atoms with Gasteiger partial charge in [-0.15, -0.1) is 0 Å². The topological polar surface area (TPSA) is 72.3 Å². The molecule has 3 nitrogen and oxygen atoms in total. The van der Waals surface area contributed by atoms with E-state index in [9.17, 15) is 5.11 Å². The van der Waals surface area contributed by atoms with Gasteiger partial charge < -0.3 is 16.6 Å². The molecule has 0 unspecified atom stereocenters. The maximum absolute atomic E-state index is 9.28. The van der Waals surface area contributed by atoms with E-state index in [4.69, 9.17) is 23.1 Å². The van der Waals surface area contributed by atoms with Crippen LogP contribution in [0.25, 0.3) is 0 Å². The highest BCUT2D eigenvalue weighted by molar-refractivity contribution is 6.31. The van der Waals surface area contributed by atoms with Gasteiger partial charge in [0.25, 0.3) is 0 Å². The van der Waals surface area contributed by atoms with Gasteiger partial charge in [-0.25, -0.2) is 0 Å². The SMILES string of the molecule is C[C@@H](O)[C@@H](N)c1c(N)cccc1Cl. The third-order valence-electron chi connectivity index (χ3n) is 1.94. The van der Waals surface area contributed by atoms with E-state index in [0.717, 1.165) is 0 Å². The Balaban J connectivity index is 3.12. The summed E-state index contributed by atoms with van der Waals surface area (Å²) in [7, 11) is 0. The molecule has 1 rings (SSSR count). The maximum Gasteiger partial charge on any atom is 0.0706 e. The lowest BCUT2D eigenvalue weighted by Crippen LogP contribution is -2.24. The molecule has 5 N–H and O–H groups in total. The Morgan fingerprint density at radius 1 is 1.46 bits per heavy atom. The summed E-state index contributed by atoms with van der Waals surface area (Å²) in [6.07, 6.45) is -0.665. The van der Waals surface area contributed by atoms with E-state index in [-0.39, 0.29) is 0 Å². The minimum Gasteiger partial charge on any atom is -0.398 e. The summed E-state index contributed by atoms with van der Waals surface area (Å²) >= 11 is 5.90. The number of hydrogen-bond donors (Lipinski definition) is 3. The van der Waals surface area contributed by atoms with E-state index in [1.807, 2.05) is 0 Å². The minimum atomic E-state index is -0.665. The van der Waals surface area contributed by atoms with Crippen LogP contribution in [0.5, 0.6) is 0 Å². The number of halogens is 1. The monoisotopic (exact) mass is 200 g/mol. The summed E-state index contributed by atoms with van der Waals surface area (Å²) in [4.78, 5) is 0. The van der Waals surface area contributed by atoms with Gasteiger partial charge in [0.05, 0.1) is 12.1 Å². The van der Waals surface area contributed by atoms with Gasteiger partial charge in [-0.05, 0) is 19.1 Å². The first-order valence-electron chi connectivity index (χ1n) is 4.01. The van der Waals surface area contributed by atoms with Crippen LogP contribution in [0.1, 0.15) is 18.5 Å². The molecule has 0 amide bonds. The molecule has 72 valence electrons. The van der Waals surface area contributed by atoms with Crippen molar-refractivity contribution in [2.24, 2.45) is 5.73 Å². The molecule has 4 heteroatoms. The zero-order valence-electron chi connectivity index (χ0n) is 7.37. The lowest BCUT2D eigenvalue weighted by atomic mass is 10.0. The normalized spacial score (nSPS) is 15.4. The predicted molar refractivity (Wildman–Crippen MR) is 54.5 cm³/mol. The average Bonchev–Trinajstić information content (AvgIpc) is 2.03. The first kappa shape index (κ1) is 10.3. The van der Waals surface area contributed by atoms with Crippen molar-refractivity contribution in [2.45, 2.75) is 19.1 Å². The lowest BCUT2D eigenvalue weighted by Gasteiger charge is -2.18. The molecule has 2 atom stereocenters. The molecule has 1 aromatic carbocycles. The van der Waals surface area contributed by atoms with Crippen molar-refractivity contribution in [1.29, 1.82) is 0 Å². The Hall–Kier alpha value is -0.770. The molecule has 0 aliphatic rings. The van der Waals surface area contributed by atoms with E-state index >= 15 is 0 Å². The summed E-state index contributed by atoms with van der Waals surface area (Å²) in [5, 5.41) is 9.78. The van der Waals surface area contributed by atoms with Crippen molar-refractivity contribution < 1.29 is 5.11 Å². The predicted octanol–water partition coefficient (Wildman–Crippen LogP) is 1.30. The Bertz CT molecular complexity index is 281. The number of benzene rings is 1. The Kier molecular flexibility index (Phi) is 3.14. The molecule has 0 saturated heterocycles. The van der Waals surface area contributed by atoms with Crippen LogP contribution in [-0.2, 0) is 0 Å². The van der Waals surface area contributed by atoms with Crippen molar-refractivity contribution in [3.05, 3.63) is 28.8 Å². The van der Waals surface area contributed by atoms with Gasteiger partial charge in [-0.2, -0.15) is 0 Å². The zero-order chi connectivity index (χ0) is 10.0. The highest BCUT2D eigenvalue weighted by atomic mass is 35.5. The zero-order valence-corrected chi connectivity index (χ0v) is 8.12. The van der Waals surface area contributed by atoms with Crippen LogP contribution in [0.15, 0.2) is 18.2 Å². The largest absolute Gasteiger partial charge is 0.398 e. The fourth-order valence-corrected chi connectivity index (χ4v) is 1.45. The van der Waals surface area contributed by atoms with Gasteiger partial charge in [-0.3, -0.25) is 0 Å². The molecular formula is C9H13ClN2O. The van der Waals surface area contributed by atoms with Crippen molar-refractivity contribution in [2.75, 3.05) is 5.73 Å². The average molecular weight is 201 g/mol. The number of anilines is 1. The quantitative estimate of drug-likeness (QED) is 0.631. The minimum absolute atomic E-state index is 0.494. The second kappa shape index (κ2) is 3.96. The van der Waals surface area contributed by atoms with E-state index in [0.29, 0.717) is 16.3 Å². The standard InChI is InChI=1S/C9H13ClN2O/c1-5(13)9(12)8-6(10)3-2-4-7(8)11/h2-5,9,13H,11-12H2,1H3/t5-,9-/m1/s1. The summed E-state index contributed by atoms with van der Waals surface area (Å²) < 4.78 is 0. The molecule has 0 aliphatic heterocycles. The second-order valence-corrected chi connectivity index (χ2v) is 3.42. The molecule has 0 fully saturated rings. The van der Waals surface area contributed by atoms with Crippen molar-refractivity contribution in [3.63, 3.8) is 0 Å². The van der Waals surface area contributed by atoms with Gasteiger partial charge in [-0.1, -0.05) is 17.7 Å². The van der Waals surface area contributed by atoms with Crippen LogP contribution < -0.4 is 11.5 Å². The third kappa shape index (κ3) is 2.12. The van der Waals surface area contributed by atoms with Gasteiger partial charge in [0.2, 0.25) is 0 Å². The molecule has 0 saturated carbocycles. The van der Waals surface area contributed by atoms with Crippen molar-refractivity contribution in [1.82, 2.24) is 0 Å². The van der Waals surface area contributed by atoms with Crippen LogP contribution in [0.2, 0.25) is 5.02 Å². The van der Waals surface area contributed by atoms with Gasteiger partial charge in [0, 0.05) is 16.3 Å². The molecular weight excluding hydrogens is 188 g/mol. The molecule has 0 radical (unpaired) electrons. The lowest BCUT2D eigenvalue weighted by molar-refractivity contribution is 0.164. The molecule has 0 aromatic heterocycles. The Labute approximate surface area is 82.3 Å². The molecule has 0 spiro atoms. The summed E-state index contributed by atoms with van der Waals surface area (Å²) in [5.41, 5.74) is 12.5. The summed E-state index contributed by atoms with van der Waals surface area (Å²) in [6, 6.07) is 4.63. The van der Waals surface area contributed by atoms with E-state index in [1.54, 1.807) is 25.1 Å². The second-order valence-electron chi connectivity index (χ2n) is 3.01. The van der Waals surface area contributed by atoms with E-state index in [2.05, 4.69) is 0 Å². The highest BCUT2D eigenvalue weighted by Gasteiger charge is 2.17. The Morgan fingerprint density at radius 3 is 2.54 bits per heavy atom. The molecule has 0 bridgehead atoms.